The number of imidazole rings is 1. The predicted octanol–water partition coefficient (Wildman–Crippen LogP) is 16.2. The molecule has 0 aliphatic heterocycles. The van der Waals surface area contributed by atoms with E-state index in [1.165, 1.54) is 55.0 Å². The van der Waals surface area contributed by atoms with Crippen molar-refractivity contribution in [1.29, 1.82) is 0 Å². The Balaban J connectivity index is 0.000000273. The zero-order valence-corrected chi connectivity index (χ0v) is 41.1. The normalized spacial score (nSPS) is 11.8. The van der Waals surface area contributed by atoms with Gasteiger partial charge in [0.15, 0.2) is 0 Å². The first kappa shape index (κ1) is 44.5. The molecule has 0 saturated carbocycles. The summed E-state index contributed by atoms with van der Waals surface area (Å²) in [6, 6.07) is 60.2. The second-order valence-electron chi connectivity index (χ2n) is 18.8. The number of aryl methyl sites for hydroxylation is 1. The number of fused-ring (bicyclic) bond motifs is 7. The second kappa shape index (κ2) is 17.9. The minimum Gasteiger partial charge on any atom is -0.501 e. The molecule has 66 heavy (non-hydrogen) atoms. The topological polar surface area (TPSA) is 56.7 Å². The second-order valence-corrected chi connectivity index (χ2v) is 18.8. The Bertz CT molecular complexity index is 3510. The molecule has 11 aromatic rings. The number of nitrogens with zero attached hydrogens (tertiary/aromatic N) is 4. The molecule has 8 aromatic carbocycles. The van der Waals surface area contributed by atoms with Gasteiger partial charge in [-0.25, -0.2) is 0 Å². The first-order chi connectivity index (χ1) is 31.4. The van der Waals surface area contributed by atoms with Crippen LogP contribution in [0.2, 0.25) is 0 Å². The molecule has 6 heteroatoms. The summed E-state index contributed by atoms with van der Waals surface area (Å²) >= 11 is 0. The number of rotatable bonds is 6. The Morgan fingerprint density at radius 3 is 2.06 bits per heavy atom. The minimum atomic E-state index is 0. The summed E-state index contributed by atoms with van der Waals surface area (Å²) in [5.74, 6) is 2.14. The molecule has 329 valence electrons. The van der Waals surface area contributed by atoms with Crippen molar-refractivity contribution >= 4 is 54.5 Å². The van der Waals surface area contributed by atoms with Gasteiger partial charge in [0.1, 0.15) is 5.58 Å². The van der Waals surface area contributed by atoms with Crippen molar-refractivity contribution in [3.05, 3.63) is 192 Å². The third-order valence-corrected chi connectivity index (χ3v) is 12.4. The SMILES string of the molecule is CC(C)(C)c1ccnc(-c2[c-]cccc2)n1.Cc1ccc2c(c1)nc(-c1[c-]ccc3c1oc1cc4c(ccc5ccccc54)cc13)n2-c1c(C(C)C)cc(-c2ccccc2)cc1C(C)C.[Ir]. The summed E-state index contributed by atoms with van der Waals surface area (Å²) in [5, 5.41) is 7.02. The van der Waals surface area contributed by atoms with E-state index in [0.29, 0.717) is 0 Å². The molecule has 0 spiro atoms. The van der Waals surface area contributed by atoms with Crippen LogP contribution in [0.5, 0.6) is 0 Å². The third-order valence-electron chi connectivity index (χ3n) is 12.4. The average Bonchev–Trinajstić information content (AvgIpc) is 3.88. The third kappa shape index (κ3) is 8.25. The van der Waals surface area contributed by atoms with Crippen molar-refractivity contribution in [2.75, 3.05) is 0 Å². The van der Waals surface area contributed by atoms with Gasteiger partial charge in [0.05, 0.1) is 28.3 Å². The van der Waals surface area contributed by atoms with Crippen LogP contribution in [0, 0.1) is 19.1 Å². The van der Waals surface area contributed by atoms with Crippen molar-refractivity contribution in [3.63, 3.8) is 0 Å². The molecule has 0 aliphatic carbocycles. The quantitative estimate of drug-likeness (QED) is 0.123. The zero-order valence-electron chi connectivity index (χ0n) is 38.7. The summed E-state index contributed by atoms with van der Waals surface area (Å²) in [6.07, 6.45) is 1.81. The molecule has 1 radical (unpaired) electrons. The van der Waals surface area contributed by atoms with E-state index < -0.39 is 0 Å². The van der Waals surface area contributed by atoms with Crippen molar-refractivity contribution in [2.24, 2.45) is 0 Å². The average molecular weight is 1040 g/mol. The van der Waals surface area contributed by atoms with Crippen molar-refractivity contribution in [1.82, 2.24) is 19.5 Å². The van der Waals surface area contributed by atoms with Gasteiger partial charge in [-0.15, -0.1) is 54.1 Å². The molecule has 0 unspecified atom stereocenters. The van der Waals surface area contributed by atoms with Crippen LogP contribution >= 0.6 is 0 Å². The van der Waals surface area contributed by atoms with E-state index in [2.05, 4.69) is 197 Å². The largest absolute Gasteiger partial charge is 0.501 e. The molecule has 3 heterocycles. The molecule has 3 aromatic heterocycles. The Kier molecular flexibility index (Phi) is 12.1. The van der Waals surface area contributed by atoms with E-state index in [4.69, 9.17) is 9.40 Å². The van der Waals surface area contributed by atoms with Crippen LogP contribution in [0.1, 0.15) is 82.7 Å². The van der Waals surface area contributed by atoms with Crippen LogP contribution < -0.4 is 0 Å². The standard InChI is InChI=1S/C46H37N2O.C14H15N2.Ir/c1-27(2)37-24-33(30-12-7-6-8-13-30)25-38(28(3)4)44(37)48-42-21-18-29(5)22-41(42)47-46(48)36-17-11-16-35-40-23-32-20-19-31-14-9-10-15-34(31)39(32)26-43(40)49-45(35)36;1-14(2,3)12-9-10-15-13(16-12)11-7-5-4-6-8-11;/h6-16,18-28H,1-5H3;4-7,9-10H,1-3H3;/q2*-1;. The maximum atomic E-state index is 6.85. The van der Waals surface area contributed by atoms with Gasteiger partial charge in [-0.3, -0.25) is 15.0 Å². The fourth-order valence-electron chi connectivity index (χ4n) is 9.05. The van der Waals surface area contributed by atoms with E-state index in [0.717, 1.165) is 61.4 Å². The van der Waals surface area contributed by atoms with Crippen LogP contribution in [0.3, 0.4) is 0 Å². The molecule has 0 N–H and O–H groups in total. The van der Waals surface area contributed by atoms with Crippen molar-refractivity contribution in [2.45, 2.75) is 72.6 Å². The van der Waals surface area contributed by atoms with Crippen LogP contribution in [-0.4, -0.2) is 19.5 Å². The molecule has 0 aliphatic rings. The van der Waals surface area contributed by atoms with Crippen LogP contribution in [-0.2, 0) is 25.5 Å². The molecule has 0 fully saturated rings. The van der Waals surface area contributed by atoms with Gasteiger partial charge in [0.2, 0.25) is 0 Å². The van der Waals surface area contributed by atoms with E-state index in [1.54, 1.807) is 0 Å². The first-order valence-electron chi connectivity index (χ1n) is 22.6. The Morgan fingerprint density at radius 1 is 0.606 bits per heavy atom. The first-order valence-corrected chi connectivity index (χ1v) is 22.6. The number of furan rings is 1. The number of hydrogen-bond donors (Lipinski definition) is 0. The van der Waals surface area contributed by atoms with Gasteiger partial charge in [0, 0.05) is 48.5 Å². The van der Waals surface area contributed by atoms with Gasteiger partial charge < -0.3 is 8.98 Å². The fourth-order valence-corrected chi connectivity index (χ4v) is 9.05. The van der Waals surface area contributed by atoms with Crippen molar-refractivity contribution in [3.8, 4) is 39.6 Å². The van der Waals surface area contributed by atoms with Crippen molar-refractivity contribution < 1.29 is 24.5 Å². The van der Waals surface area contributed by atoms with Gasteiger partial charge >= 0.3 is 0 Å². The summed E-state index contributed by atoms with van der Waals surface area (Å²) in [7, 11) is 0. The molecule has 5 nitrogen and oxygen atoms in total. The number of aromatic nitrogens is 4. The molecular weight excluding hydrogens is 985 g/mol. The number of hydrogen-bond acceptors (Lipinski definition) is 4. The van der Waals surface area contributed by atoms with Gasteiger partial charge in [-0.05, 0) is 111 Å². The predicted molar refractivity (Wildman–Crippen MR) is 271 cm³/mol. The van der Waals surface area contributed by atoms with Crippen LogP contribution in [0.4, 0.5) is 0 Å². The van der Waals surface area contributed by atoms with Gasteiger partial charge in [-0.2, -0.15) is 0 Å². The smallest absolute Gasteiger partial charge is 0.121 e. The molecule has 0 saturated heterocycles. The molecule has 0 atom stereocenters. The van der Waals surface area contributed by atoms with E-state index in [1.807, 2.05) is 42.6 Å². The summed E-state index contributed by atoms with van der Waals surface area (Å²) < 4.78 is 9.24. The Hall–Kier alpha value is -6.72. The summed E-state index contributed by atoms with van der Waals surface area (Å²) in [5.41, 5.74) is 14.1. The van der Waals surface area contributed by atoms with Crippen LogP contribution in [0.15, 0.2) is 162 Å². The maximum Gasteiger partial charge on any atom is 0.121 e. The molecule has 11 rings (SSSR count). The van der Waals surface area contributed by atoms with E-state index >= 15 is 0 Å². The summed E-state index contributed by atoms with van der Waals surface area (Å²) in [4.78, 5) is 14.2. The van der Waals surface area contributed by atoms with Gasteiger partial charge in [-0.1, -0.05) is 132 Å². The molecular formula is C60H52IrN4O-2. The monoisotopic (exact) mass is 1040 g/mol. The molecule has 0 bridgehead atoms. The Labute approximate surface area is 400 Å². The molecule has 0 amide bonds. The fraction of sp³-hybridized carbons (Fsp3) is 0.183. The van der Waals surface area contributed by atoms with Gasteiger partial charge in [0.25, 0.3) is 0 Å². The number of benzene rings is 8. The minimum absolute atomic E-state index is 0. The maximum absolute atomic E-state index is 6.85. The summed E-state index contributed by atoms with van der Waals surface area (Å²) in [6.45, 7) is 17.7. The van der Waals surface area contributed by atoms with E-state index in [9.17, 15) is 0 Å². The zero-order chi connectivity index (χ0) is 45.0. The van der Waals surface area contributed by atoms with E-state index in [-0.39, 0.29) is 37.4 Å². The van der Waals surface area contributed by atoms with Crippen LogP contribution in [0.25, 0.3) is 94.1 Å². The Morgan fingerprint density at radius 2 is 1.33 bits per heavy atom.